The second kappa shape index (κ2) is 8.08. The average molecular weight is 384 g/mol. The van der Waals surface area contributed by atoms with E-state index in [9.17, 15) is 14.9 Å². The number of fused-ring (bicyclic) bond motifs is 1. The minimum absolute atomic E-state index is 0.0267. The molecule has 0 radical (unpaired) electrons. The van der Waals surface area contributed by atoms with Gasteiger partial charge in [0.25, 0.3) is 0 Å². The van der Waals surface area contributed by atoms with Gasteiger partial charge in [0.05, 0.1) is 30.4 Å². The van der Waals surface area contributed by atoms with Crippen molar-refractivity contribution in [2.24, 2.45) is 5.16 Å². The Hall–Kier alpha value is -3.42. The third-order valence-corrected chi connectivity index (χ3v) is 4.64. The molecule has 0 heterocycles. The first-order chi connectivity index (χ1) is 13.4. The molecule has 0 aliphatic heterocycles. The maximum Gasteiger partial charge on any atom is 0.365 e. The Labute approximate surface area is 161 Å². The van der Waals surface area contributed by atoms with Gasteiger partial charge in [-0.15, -0.1) is 0 Å². The molecular weight excluding hydrogens is 364 g/mol. The lowest BCUT2D eigenvalue weighted by Gasteiger charge is -2.19. The molecule has 0 unspecified atom stereocenters. The van der Waals surface area contributed by atoms with Gasteiger partial charge in [-0.2, -0.15) is 0 Å². The van der Waals surface area contributed by atoms with E-state index in [4.69, 9.17) is 14.3 Å². The molecule has 0 amide bonds. The molecule has 0 spiro atoms. The van der Waals surface area contributed by atoms with E-state index in [-0.39, 0.29) is 17.0 Å². The number of ether oxygens (including phenoxy) is 2. The first-order valence-electron chi connectivity index (χ1n) is 8.73. The van der Waals surface area contributed by atoms with Gasteiger partial charge in [0, 0.05) is 11.6 Å². The van der Waals surface area contributed by atoms with Crippen LogP contribution in [0.4, 0.5) is 5.69 Å². The predicted octanol–water partition coefficient (Wildman–Crippen LogP) is 3.82. The summed E-state index contributed by atoms with van der Waals surface area (Å²) in [5, 5.41) is 15.2. The van der Waals surface area contributed by atoms with E-state index < -0.39 is 10.9 Å². The molecule has 2 aromatic rings. The van der Waals surface area contributed by atoms with E-state index in [0.29, 0.717) is 12.1 Å². The summed E-state index contributed by atoms with van der Waals surface area (Å²) in [4.78, 5) is 27.9. The molecule has 3 rings (SSSR count). The van der Waals surface area contributed by atoms with Crippen molar-refractivity contribution in [1.29, 1.82) is 0 Å². The van der Waals surface area contributed by atoms with Gasteiger partial charge in [0.2, 0.25) is 0 Å². The molecule has 1 aliphatic rings. The monoisotopic (exact) mass is 384 g/mol. The fraction of sp³-hybridized carbons (Fsp3) is 0.300. The average Bonchev–Trinajstić information content (AvgIpc) is 2.70. The Bertz CT molecular complexity index is 967. The molecule has 146 valence electrons. The van der Waals surface area contributed by atoms with E-state index in [0.717, 1.165) is 41.3 Å². The van der Waals surface area contributed by atoms with Crippen LogP contribution < -0.4 is 9.47 Å². The van der Waals surface area contributed by atoms with Gasteiger partial charge in [0.15, 0.2) is 5.75 Å². The molecular formula is C20H20N2O6. The first kappa shape index (κ1) is 19.3. The van der Waals surface area contributed by atoms with Crippen LogP contribution >= 0.6 is 0 Å². The van der Waals surface area contributed by atoms with Crippen molar-refractivity contribution in [3.05, 3.63) is 62.7 Å². The number of hydrogen-bond donors (Lipinski definition) is 0. The number of aryl methyl sites for hydroxylation is 2. The zero-order chi connectivity index (χ0) is 20.3. The van der Waals surface area contributed by atoms with Crippen molar-refractivity contribution in [3.63, 3.8) is 0 Å². The van der Waals surface area contributed by atoms with Crippen molar-refractivity contribution in [3.8, 4) is 11.5 Å². The second-order valence-electron chi connectivity index (χ2n) is 6.39. The summed E-state index contributed by atoms with van der Waals surface area (Å²) in [6.45, 7) is 1.94. The SMILES string of the molecule is COc1cc2c(cc1C)C(=NOC(=O)c1ccc(OC)c([N+](=O)[O-])c1)CCC2. The maximum absolute atomic E-state index is 12.3. The standard InChI is InChI=1S/C20H20N2O6/c1-12-9-15-13(11-19(12)27-3)5-4-6-16(15)21-28-20(23)14-7-8-18(26-2)17(10-14)22(24)25/h7-11H,4-6H2,1-3H3. The van der Waals surface area contributed by atoms with Crippen molar-refractivity contribution < 1.29 is 24.0 Å². The summed E-state index contributed by atoms with van der Waals surface area (Å²) in [7, 11) is 2.95. The number of nitro benzene ring substituents is 1. The number of rotatable bonds is 5. The third-order valence-electron chi connectivity index (χ3n) is 4.64. The quantitative estimate of drug-likeness (QED) is 0.441. The normalized spacial score (nSPS) is 14.3. The van der Waals surface area contributed by atoms with Crippen LogP contribution in [0.25, 0.3) is 0 Å². The fourth-order valence-corrected chi connectivity index (χ4v) is 3.21. The number of oxime groups is 1. The van der Waals surface area contributed by atoms with Crippen LogP contribution in [0.1, 0.15) is 39.9 Å². The Morgan fingerprint density at radius 2 is 1.86 bits per heavy atom. The van der Waals surface area contributed by atoms with Gasteiger partial charge in [-0.3, -0.25) is 10.1 Å². The van der Waals surface area contributed by atoms with Gasteiger partial charge < -0.3 is 14.3 Å². The predicted molar refractivity (Wildman–Crippen MR) is 102 cm³/mol. The van der Waals surface area contributed by atoms with Gasteiger partial charge >= 0.3 is 11.7 Å². The van der Waals surface area contributed by atoms with Crippen LogP contribution in [-0.4, -0.2) is 30.8 Å². The molecule has 0 aromatic heterocycles. The molecule has 0 bridgehead atoms. The smallest absolute Gasteiger partial charge is 0.365 e. The van der Waals surface area contributed by atoms with Crippen LogP contribution in [0.5, 0.6) is 11.5 Å². The zero-order valence-electron chi connectivity index (χ0n) is 15.9. The lowest BCUT2D eigenvalue weighted by molar-refractivity contribution is -0.385. The Morgan fingerprint density at radius 3 is 2.54 bits per heavy atom. The van der Waals surface area contributed by atoms with Gasteiger partial charge in [-0.25, -0.2) is 4.79 Å². The van der Waals surface area contributed by atoms with Gasteiger partial charge in [-0.05, 0) is 61.6 Å². The number of carbonyl (C=O) groups excluding carboxylic acids is 1. The molecule has 8 heteroatoms. The molecule has 0 saturated heterocycles. The minimum Gasteiger partial charge on any atom is -0.496 e. The molecule has 1 aliphatic carbocycles. The van der Waals surface area contributed by atoms with Crippen molar-refractivity contribution in [2.75, 3.05) is 14.2 Å². The highest BCUT2D eigenvalue weighted by Gasteiger charge is 2.21. The first-order valence-corrected chi connectivity index (χ1v) is 8.73. The summed E-state index contributed by atoms with van der Waals surface area (Å²) >= 11 is 0. The van der Waals surface area contributed by atoms with Gasteiger partial charge in [-0.1, -0.05) is 5.16 Å². The highest BCUT2D eigenvalue weighted by Crippen LogP contribution is 2.30. The lowest BCUT2D eigenvalue weighted by Crippen LogP contribution is -2.14. The van der Waals surface area contributed by atoms with Crippen molar-refractivity contribution >= 4 is 17.4 Å². The summed E-state index contributed by atoms with van der Waals surface area (Å²) < 4.78 is 10.3. The summed E-state index contributed by atoms with van der Waals surface area (Å²) in [6.07, 6.45) is 2.45. The van der Waals surface area contributed by atoms with E-state index in [1.54, 1.807) is 7.11 Å². The van der Waals surface area contributed by atoms with Crippen LogP contribution in [0, 0.1) is 17.0 Å². The van der Waals surface area contributed by atoms with E-state index in [1.165, 1.54) is 19.2 Å². The van der Waals surface area contributed by atoms with E-state index >= 15 is 0 Å². The summed E-state index contributed by atoms with van der Waals surface area (Å²) in [6, 6.07) is 7.82. The van der Waals surface area contributed by atoms with Crippen LogP contribution in [0.2, 0.25) is 0 Å². The number of hydrogen-bond acceptors (Lipinski definition) is 7. The minimum atomic E-state index is -0.768. The van der Waals surface area contributed by atoms with Crippen molar-refractivity contribution in [2.45, 2.75) is 26.2 Å². The van der Waals surface area contributed by atoms with Gasteiger partial charge in [0.1, 0.15) is 5.75 Å². The number of benzene rings is 2. The lowest BCUT2D eigenvalue weighted by atomic mass is 9.88. The highest BCUT2D eigenvalue weighted by molar-refractivity contribution is 6.03. The molecule has 0 saturated carbocycles. The second-order valence-corrected chi connectivity index (χ2v) is 6.39. The Kier molecular flexibility index (Phi) is 5.58. The number of nitro groups is 1. The van der Waals surface area contributed by atoms with Crippen LogP contribution in [-0.2, 0) is 11.3 Å². The Balaban J connectivity index is 1.85. The molecule has 0 atom stereocenters. The molecule has 2 aromatic carbocycles. The topological polar surface area (TPSA) is 100 Å². The largest absolute Gasteiger partial charge is 0.496 e. The molecule has 28 heavy (non-hydrogen) atoms. The maximum atomic E-state index is 12.3. The highest BCUT2D eigenvalue weighted by atomic mass is 16.7. The van der Waals surface area contributed by atoms with E-state index in [2.05, 4.69) is 5.16 Å². The van der Waals surface area contributed by atoms with Crippen LogP contribution in [0.3, 0.4) is 0 Å². The summed E-state index contributed by atoms with van der Waals surface area (Å²) in [5.74, 6) is 0.108. The summed E-state index contributed by atoms with van der Waals surface area (Å²) in [5.41, 5.74) is 3.37. The van der Waals surface area contributed by atoms with Crippen molar-refractivity contribution in [1.82, 2.24) is 0 Å². The number of carbonyl (C=O) groups is 1. The number of methoxy groups -OCH3 is 2. The van der Waals surface area contributed by atoms with Crippen LogP contribution in [0.15, 0.2) is 35.5 Å². The zero-order valence-corrected chi connectivity index (χ0v) is 15.9. The Morgan fingerprint density at radius 1 is 1.11 bits per heavy atom. The molecule has 8 nitrogen and oxygen atoms in total. The fourth-order valence-electron chi connectivity index (χ4n) is 3.21. The molecule has 0 N–H and O–H groups in total. The number of nitrogens with zero attached hydrogens (tertiary/aromatic N) is 2. The molecule has 0 fully saturated rings. The van der Waals surface area contributed by atoms with E-state index in [1.807, 2.05) is 19.1 Å². The third kappa shape index (κ3) is 3.80.